The summed E-state index contributed by atoms with van der Waals surface area (Å²) in [5, 5.41) is 53.0. The van der Waals surface area contributed by atoms with Crippen LogP contribution in [0.4, 0.5) is 0 Å². The molecule has 9 atom stereocenters. The maximum atomic E-state index is 12.6. The van der Waals surface area contributed by atoms with Gasteiger partial charge in [-0.1, -0.05) is 159 Å². The Kier molecular flexibility index (Phi) is 12.7. The predicted octanol–water partition coefficient (Wildman–Crippen LogP) is 10.7. The van der Waals surface area contributed by atoms with Gasteiger partial charge in [0.25, 0.3) is 17.8 Å². The molecule has 0 aliphatic heterocycles. The molecular formula is C66H75N21O3. The van der Waals surface area contributed by atoms with E-state index >= 15 is 0 Å². The first-order chi connectivity index (χ1) is 47.4. The van der Waals surface area contributed by atoms with Crippen molar-refractivity contribution in [2.24, 2.45) is 50.7 Å². The fraction of sp³-hybridized carbons (Fsp3) is 0.394. The number of aliphatic hydroxyl groups is 1. The second-order valence-electron chi connectivity index (χ2n) is 25.5. The number of carbonyl (C=O) groups is 1. The summed E-state index contributed by atoms with van der Waals surface area (Å²) in [6.07, 6.45) is 10.4. The molecule has 462 valence electrons. The van der Waals surface area contributed by atoms with Gasteiger partial charge in [-0.25, -0.2) is 24.6 Å². The highest BCUT2D eigenvalue weighted by atomic mass is 16.5. The largest absolute Gasteiger partial charge is 0.523 e. The summed E-state index contributed by atoms with van der Waals surface area (Å²) in [7, 11) is 5.27. The van der Waals surface area contributed by atoms with E-state index in [2.05, 4.69) is 105 Å². The Labute approximate surface area is 531 Å². The van der Waals surface area contributed by atoms with Crippen molar-refractivity contribution in [3.63, 3.8) is 0 Å². The molecule has 10 aromatic rings. The number of benzene rings is 3. The van der Waals surface area contributed by atoms with Gasteiger partial charge in [-0.05, 0) is 84.8 Å². The first kappa shape index (κ1) is 52.7. The molecule has 6 aliphatic carbocycles. The number of carbonyl (C=O) groups excluding carboxylic acids is 1. The predicted molar refractivity (Wildman–Crippen MR) is 338 cm³/mol. The van der Waals surface area contributed by atoms with Gasteiger partial charge in [-0.2, -0.15) is 14.4 Å². The minimum absolute atomic E-state index is 0.0609. The fourth-order valence-electron chi connectivity index (χ4n) is 16.0. The number of imidazole rings is 3. The summed E-state index contributed by atoms with van der Waals surface area (Å²) < 4.78 is 51.7. The molecule has 0 unspecified atom stereocenters. The van der Waals surface area contributed by atoms with Crippen LogP contribution in [-0.2, 0) is 67.9 Å². The third kappa shape index (κ3) is 9.04. The molecule has 0 amide bonds. The number of rotatable bonds is 6. The van der Waals surface area contributed by atoms with Crippen LogP contribution in [0.3, 0.4) is 0 Å². The Bertz CT molecular complexity index is 4620. The molecule has 3 aromatic carbocycles. The molecule has 6 aliphatic rings. The Morgan fingerprint density at radius 1 is 0.578 bits per heavy atom. The number of allylic oxidation sites excluding steroid dienone is 4. The van der Waals surface area contributed by atoms with E-state index < -0.39 is 5.41 Å². The molecule has 90 heavy (non-hydrogen) atoms. The van der Waals surface area contributed by atoms with Crippen molar-refractivity contribution in [1.29, 1.82) is 0 Å². The molecule has 7 heterocycles. The van der Waals surface area contributed by atoms with E-state index in [-0.39, 0.29) is 51.7 Å². The van der Waals surface area contributed by atoms with Crippen molar-refractivity contribution in [3.05, 3.63) is 189 Å². The third-order valence-corrected chi connectivity index (χ3v) is 20.3. The normalized spacial score (nSPS) is 25.6. The van der Waals surface area contributed by atoms with Gasteiger partial charge in [-0.15, -0.1) is 15.3 Å². The summed E-state index contributed by atoms with van der Waals surface area (Å²) in [5.74, 6) is 5.98. The first-order valence-electron chi connectivity index (χ1n) is 34.6. The van der Waals surface area contributed by atoms with Crippen molar-refractivity contribution >= 4 is 5.78 Å². The number of aryl methyl sites for hydroxylation is 3. The molecule has 0 fully saturated rings. The molecule has 16 rings (SSSR count). The summed E-state index contributed by atoms with van der Waals surface area (Å²) >= 11 is 0. The van der Waals surface area contributed by atoms with Crippen molar-refractivity contribution < 1.29 is 26.3 Å². The van der Waals surface area contributed by atoms with Gasteiger partial charge < -0.3 is 14.4 Å². The average Bonchev–Trinajstić information content (AvgIpc) is 1.48. The lowest BCUT2D eigenvalue weighted by Gasteiger charge is -2.46. The van der Waals surface area contributed by atoms with Crippen LogP contribution < -0.4 is 0 Å². The van der Waals surface area contributed by atoms with Crippen molar-refractivity contribution in [1.82, 2.24) is 94.4 Å². The molecule has 0 saturated carbocycles. The molecule has 0 radical (unpaired) electrons. The van der Waals surface area contributed by atoms with Crippen LogP contribution in [-0.4, -0.2) is 105 Å². The Morgan fingerprint density at radius 2 is 1.00 bits per heavy atom. The number of ketones is 1. The molecule has 0 saturated heterocycles. The highest BCUT2D eigenvalue weighted by Crippen LogP contribution is 2.56. The Hall–Kier alpha value is -10.4. The van der Waals surface area contributed by atoms with E-state index in [0.717, 1.165) is 113 Å². The van der Waals surface area contributed by atoms with E-state index in [0.29, 0.717) is 41.8 Å². The number of tetrazole rings is 3. The minimum Gasteiger partial charge on any atom is -0.523 e. The molecule has 0 bridgehead atoms. The SMILES string of the molecule is C[C@@H]1c2oncc2C[C@]2(C)c3nc(-c4ccccc4)n(-c4nnn(C)n4)c3CC[C@@H]12.[3H][3H].[3H][3H].[3H][3H].[3H][3H].[C-]#[N+]C1=C(O)[C@@H](C)[C@@H]2CCc3c(nc(-c4ccccc4)n3-c3nnn(C)n3)[C@@]2(C)C1.[C-]#[N+]C1=C[C@]2(C)c3nc(-c4ccccc4)n(-c4nnn(C)n4)c3CC[C@H]2[C@H](C)C1=O. The lowest BCUT2D eigenvalue weighted by Crippen LogP contribution is -2.45. The first-order valence-corrected chi connectivity index (χ1v) is 30.6. The zero-order valence-electron chi connectivity index (χ0n) is 59.6. The lowest BCUT2D eigenvalue weighted by atomic mass is 9.57. The Morgan fingerprint density at radius 3 is 1.43 bits per heavy atom. The quantitative estimate of drug-likeness (QED) is 0.152. The number of Topliss-reactive ketones (excluding diaryl/α,β-unsaturated/α-hetero) is 1. The van der Waals surface area contributed by atoms with Crippen LogP contribution in [0.25, 0.3) is 61.7 Å². The summed E-state index contributed by atoms with van der Waals surface area (Å²) in [6.45, 7) is 27.9. The van der Waals surface area contributed by atoms with E-state index in [4.69, 9.17) is 44.5 Å². The van der Waals surface area contributed by atoms with Gasteiger partial charge in [0.1, 0.15) is 23.2 Å². The van der Waals surface area contributed by atoms with Crippen LogP contribution in [0.15, 0.2) is 125 Å². The van der Waals surface area contributed by atoms with Gasteiger partial charge in [0.05, 0.1) is 74.7 Å². The topological polar surface area (TPSA) is 256 Å². The second-order valence-corrected chi connectivity index (χ2v) is 25.5. The van der Waals surface area contributed by atoms with Crippen LogP contribution >= 0.6 is 0 Å². The van der Waals surface area contributed by atoms with E-state index in [1.165, 1.54) is 25.6 Å². The number of aliphatic hydroxyl groups excluding tert-OH is 1. The summed E-state index contributed by atoms with van der Waals surface area (Å²) in [4.78, 5) is 39.6. The van der Waals surface area contributed by atoms with E-state index in [9.17, 15) is 9.90 Å². The van der Waals surface area contributed by atoms with Gasteiger partial charge >= 0.3 is 0 Å². The number of hydrogen-bond acceptors (Lipinski definition) is 16. The van der Waals surface area contributed by atoms with E-state index in [1.807, 2.05) is 114 Å². The summed E-state index contributed by atoms with van der Waals surface area (Å²) in [6, 6.07) is 30.2. The molecule has 24 heteroatoms. The highest BCUT2D eigenvalue weighted by molar-refractivity contribution is 6.00. The number of fused-ring (bicyclic) bond motifs is 10. The van der Waals surface area contributed by atoms with Crippen LogP contribution in [0.5, 0.6) is 0 Å². The number of hydrogen-bond donors (Lipinski definition) is 1. The fourth-order valence-corrected chi connectivity index (χ4v) is 16.0. The second kappa shape index (κ2) is 21.7. The van der Waals surface area contributed by atoms with Crippen LogP contribution in [0, 0.1) is 42.7 Å². The zero-order valence-corrected chi connectivity index (χ0v) is 51.6. The minimum atomic E-state index is -0.502. The standard InChI is InChI=1S/2C22H23N7O.C22H21N7O.4H2/c1-13-16-9-10-17-19(22(16,2)11-15-12-23-30-18(13)15)24-20(14-7-5-4-6-8-14)29(17)21-25-27-28(3)26-21;2*1-13-15-10-11-17-19(22(15,2)12-16(23-3)18(13)30)24-20(14-8-6-5-7-9-14)29(17)21-25-27-28(4)26-21;;;;/h4-8,12-13,16H,9-11H2,1-3H3;5-9,13,15,30H,10-12H2,1-2,4H3;5-9,12-13,15H,10-11H2,1-2,4H3;4*1H/t13-,16-,22-;2*13-,15-,22-;;;;/m000..../s1/i;;;4*1+2T. The van der Waals surface area contributed by atoms with Crippen molar-refractivity contribution in [2.45, 2.75) is 115 Å². The maximum Gasteiger partial charge on any atom is 0.276 e. The van der Waals surface area contributed by atoms with E-state index in [1.54, 1.807) is 21.1 Å². The lowest BCUT2D eigenvalue weighted by molar-refractivity contribution is -0.121. The third-order valence-electron chi connectivity index (χ3n) is 20.3. The highest BCUT2D eigenvalue weighted by Gasteiger charge is 2.54. The summed E-state index contributed by atoms with van der Waals surface area (Å²) in [5.41, 5.74) is 10.2. The zero-order chi connectivity index (χ0) is 70.5. The maximum absolute atomic E-state index is 12.6. The Balaban J connectivity index is 0.000000151. The van der Waals surface area contributed by atoms with Gasteiger partial charge in [0.2, 0.25) is 11.4 Å². The number of aromatic nitrogens is 19. The monoisotopic (exact) mass is 1230 g/mol. The van der Waals surface area contributed by atoms with Gasteiger partial charge in [0.15, 0.2) is 5.78 Å². The molecule has 1 N–H and O–H groups in total. The van der Waals surface area contributed by atoms with Crippen molar-refractivity contribution in [3.8, 4) is 52.0 Å². The molecule has 7 aromatic heterocycles. The van der Waals surface area contributed by atoms with Crippen molar-refractivity contribution in [2.75, 3.05) is 0 Å². The molecular weight excluding hydrogens is 1130 g/mol. The van der Waals surface area contributed by atoms with Crippen LogP contribution in [0.1, 0.15) is 131 Å². The molecule has 24 nitrogen and oxygen atoms in total. The van der Waals surface area contributed by atoms with Crippen LogP contribution in [0.2, 0.25) is 0 Å². The van der Waals surface area contributed by atoms with Gasteiger partial charge in [-0.3, -0.25) is 13.7 Å². The smallest absolute Gasteiger partial charge is 0.276 e. The van der Waals surface area contributed by atoms with Gasteiger partial charge in [0, 0.05) is 73.8 Å². The average molecular weight is 1230 g/mol. The molecule has 0 spiro atoms. The number of nitrogens with zero attached hydrogens (tertiary/aromatic N) is 21.